The van der Waals surface area contributed by atoms with E-state index in [0.29, 0.717) is 0 Å². The van der Waals surface area contributed by atoms with E-state index in [1.165, 1.54) is 0 Å². The van der Waals surface area contributed by atoms with E-state index in [9.17, 15) is 0 Å². The third-order valence-corrected chi connectivity index (χ3v) is 0. The monoisotopic (exact) mass is 222 g/mol. The van der Waals surface area contributed by atoms with E-state index in [0.717, 1.165) is 0 Å². The van der Waals surface area contributed by atoms with Crippen molar-refractivity contribution in [3.63, 3.8) is 0 Å². The van der Waals surface area contributed by atoms with E-state index in [-0.39, 0.29) is 0 Å². The predicted octanol–water partition coefficient (Wildman–Crippen LogP) is -4.57. The zero-order valence-electron chi connectivity index (χ0n) is 7.43. The summed E-state index contributed by atoms with van der Waals surface area (Å²) in [7, 11) is 0. The molecule has 0 spiro atoms. The summed E-state index contributed by atoms with van der Waals surface area (Å²) < 4.78 is 48.1. The van der Waals surface area contributed by atoms with E-state index in [1.54, 1.807) is 0 Å². The molecule has 0 aliphatic rings. The molecule has 0 radical (unpaired) electrons. The van der Waals surface area contributed by atoms with Crippen molar-refractivity contribution in [2.45, 2.75) is 0 Å². The summed E-state index contributed by atoms with van der Waals surface area (Å²) in [6.07, 6.45) is 0. The molecule has 0 amide bonds. The maximum atomic E-state index is 4.97. The van der Waals surface area contributed by atoms with Gasteiger partial charge in [-0.15, -0.1) is 0 Å². The van der Waals surface area contributed by atoms with Crippen LogP contribution in [0.3, 0.4) is 0 Å². The zero-order chi connectivity index (χ0) is 12.3. The molecule has 0 aromatic rings. The summed E-state index contributed by atoms with van der Waals surface area (Å²) in [5.74, 6) is 0. The molecular formula is B12Zr. The molecule has 0 nitrogen and oxygen atoms in total. The molecule has 13 heteroatoms. The third-order valence-electron chi connectivity index (χ3n) is 0. The van der Waals surface area contributed by atoms with Gasteiger partial charge in [-0.05, 0) is 0 Å². The fraction of sp³-hybridized carbons (Fsp3) is 0. The van der Waals surface area contributed by atoms with E-state index >= 15 is 0 Å². The Morgan fingerprint density at radius 2 is 0.308 bits per heavy atom. The SMILES string of the molecule is [B]#[Zr](#[B])(#[B])(#[B])(#[B])(#[B])(#[B])(#[B])(#[B])(#[B])(#[B])#[B]. The van der Waals surface area contributed by atoms with Crippen molar-refractivity contribution in [2.75, 3.05) is 0 Å². The average Bonchev–Trinajstić information content (AvgIpc) is 0.391. The number of hydrogen-bond acceptors (Lipinski definition) is 0. The second kappa shape index (κ2) is 0.478. The molecular weight excluding hydrogens is 221 g/mol. The van der Waals surface area contributed by atoms with Crippen molar-refractivity contribution in [3.05, 3.63) is 0 Å². The Morgan fingerprint density at radius 3 is 0.308 bits per heavy atom. The van der Waals surface area contributed by atoms with Gasteiger partial charge in [0.05, 0.1) is 0 Å². The molecule has 0 aliphatic carbocycles. The van der Waals surface area contributed by atoms with Gasteiger partial charge in [0.1, 0.15) is 0 Å². The van der Waals surface area contributed by atoms with Crippen molar-refractivity contribution < 1.29 is -3.05 Å². The van der Waals surface area contributed by atoms with Crippen molar-refractivity contribution in [3.8, 4) is 0 Å². The fourth-order valence-corrected chi connectivity index (χ4v) is 0. The molecule has 0 unspecified atom stereocenters. The van der Waals surface area contributed by atoms with Gasteiger partial charge in [-0.1, -0.05) is 0 Å². The molecule has 0 saturated carbocycles. The second-order valence-corrected chi connectivity index (χ2v) is 65.1. The maximum absolute atomic E-state index is 11.5. The van der Waals surface area contributed by atoms with Crippen LogP contribution in [-0.4, -0.2) is 56.7 Å². The van der Waals surface area contributed by atoms with Crippen LogP contribution in [-0.2, 0) is -3.05 Å². The average molecular weight is 221 g/mol. The molecule has 0 N–H and O–H groups in total. The van der Waals surface area contributed by atoms with Gasteiger partial charge < -0.3 is 0 Å². The van der Waals surface area contributed by atoms with Crippen LogP contribution in [0.15, 0.2) is 0 Å². The van der Waals surface area contributed by atoms with Gasteiger partial charge in [0.15, 0.2) is 0 Å². The fourth-order valence-electron chi connectivity index (χ4n) is 0. The Balaban J connectivity index is 26.0. The van der Waals surface area contributed by atoms with E-state index in [4.69, 9.17) is 56.7 Å². The molecule has 0 aliphatic heterocycles. The Labute approximate surface area is 53.0 Å². The molecule has 0 saturated heterocycles. The summed E-state index contributed by atoms with van der Waals surface area (Å²) in [4.78, 5) is 0. The molecule has 0 aromatic carbocycles. The molecule has 0 rings (SSSR count). The molecule has 0 heterocycles. The minimum absolute atomic E-state index is 4.97. The molecule has 40 valence electrons. The van der Waals surface area contributed by atoms with Crippen LogP contribution < -0.4 is 0 Å². The van der Waals surface area contributed by atoms with Crippen LogP contribution in [0.25, 0.3) is 0 Å². The molecule has 0 aromatic heterocycles. The van der Waals surface area contributed by atoms with Gasteiger partial charge in [-0.2, -0.15) is 0 Å². The standard InChI is InChI=1S/12B.Zr. The summed E-state index contributed by atoms with van der Waals surface area (Å²) in [5.41, 5.74) is 0. The topological polar surface area (TPSA) is 0 Å². The summed E-state index contributed by atoms with van der Waals surface area (Å²) >= 11 is 0. The quantitative estimate of drug-likeness (QED) is 0.361. The molecule has 0 atom stereocenters. The van der Waals surface area contributed by atoms with Gasteiger partial charge in [0.2, 0.25) is 0 Å². The predicted molar refractivity (Wildman–Crippen MR) is 69.0 cm³/mol. The summed E-state index contributed by atoms with van der Waals surface area (Å²) in [6.45, 7) is 0. The third kappa shape index (κ3) is 672. The van der Waals surface area contributed by atoms with Gasteiger partial charge >= 0.3 is 53.7 Å². The van der Waals surface area contributed by atoms with Crippen molar-refractivity contribution in [2.24, 2.45) is 0 Å². The molecule has 13 heavy (non-hydrogen) atoms. The van der Waals surface area contributed by atoms with Crippen LogP contribution in [0.5, 0.6) is 0 Å². The van der Waals surface area contributed by atoms with Gasteiger partial charge in [0.25, 0.3) is 0 Å². The first-order chi connectivity index (χ1) is 3.46. The molecule has 0 fully saturated rings. The van der Waals surface area contributed by atoms with Crippen molar-refractivity contribution >= 4 is 56.7 Å². The Morgan fingerprint density at radius 1 is 0.308 bits per heavy atom. The zero-order valence-corrected chi connectivity index (χ0v) is 9.89. The van der Waals surface area contributed by atoms with Crippen molar-refractivity contribution in [1.29, 1.82) is 0 Å². The summed E-state index contributed by atoms with van der Waals surface area (Å²) in [5, 5.41) is 0. The van der Waals surface area contributed by atoms with Crippen LogP contribution in [0, 0.1) is 0 Å². The van der Waals surface area contributed by atoms with Gasteiger partial charge in [-0.3, -0.25) is 0 Å². The first-order valence-corrected chi connectivity index (χ1v) is 20.5. The van der Waals surface area contributed by atoms with Crippen LogP contribution >= 0.6 is 0 Å². The van der Waals surface area contributed by atoms with Crippen LogP contribution in [0.2, 0.25) is 0 Å². The van der Waals surface area contributed by atoms with Gasteiger partial charge in [-0.25, -0.2) is 0 Å². The van der Waals surface area contributed by atoms with E-state index < -0.39 is -3.05 Å². The summed E-state index contributed by atoms with van der Waals surface area (Å²) in [6, 6.07) is 0. The second-order valence-electron chi connectivity index (χ2n) is 11.0. The Bertz CT molecular complexity index is 6060. The van der Waals surface area contributed by atoms with Crippen molar-refractivity contribution in [1.82, 2.24) is 0 Å². The Kier molecular flexibility index (Phi) is 0.540. The van der Waals surface area contributed by atoms with Gasteiger partial charge in [0, 0.05) is 0 Å². The first-order valence-electron chi connectivity index (χ1n) is 3.46. The first kappa shape index (κ1) is 14.7. The van der Waals surface area contributed by atoms with Crippen LogP contribution in [0.4, 0.5) is 0 Å². The van der Waals surface area contributed by atoms with Crippen LogP contribution in [0.1, 0.15) is 0 Å². The van der Waals surface area contributed by atoms with E-state index in [1.807, 2.05) is 0 Å². The number of hydrogen-bond donors (Lipinski definition) is 0. The Hall–Kier alpha value is 1.66. The number of rotatable bonds is 0. The normalized spacial score (nSPS) is 48.0. The van der Waals surface area contributed by atoms with E-state index in [2.05, 4.69) is 0 Å². The molecule has 0 bridgehead atoms. The minimum atomic E-state index is -11.5.